The largest absolute Gasteiger partial charge is 0.457 e. The molecule has 2 aromatic carbocycles. The molecule has 3 rings (SSSR count). The lowest BCUT2D eigenvalue weighted by Gasteiger charge is -2.11. The van der Waals surface area contributed by atoms with E-state index in [1.54, 1.807) is 31.2 Å². The number of benzene rings is 2. The molecular formula is C19H16ClNO6S. The molecule has 28 heavy (non-hydrogen) atoms. The molecule has 0 aliphatic heterocycles. The van der Waals surface area contributed by atoms with Crippen LogP contribution in [0.1, 0.15) is 21.5 Å². The Morgan fingerprint density at radius 2 is 1.93 bits per heavy atom. The summed E-state index contributed by atoms with van der Waals surface area (Å²) in [5, 5.41) is 1.03. The van der Waals surface area contributed by atoms with Crippen molar-refractivity contribution < 1.29 is 22.4 Å². The molecule has 3 aromatic rings. The van der Waals surface area contributed by atoms with E-state index in [2.05, 4.69) is 4.72 Å². The fourth-order valence-corrected chi connectivity index (χ4v) is 3.38. The highest BCUT2D eigenvalue weighted by Crippen LogP contribution is 2.26. The van der Waals surface area contributed by atoms with Gasteiger partial charge in [0.15, 0.2) is 0 Å². The van der Waals surface area contributed by atoms with Crippen molar-refractivity contribution in [2.45, 2.75) is 13.5 Å². The van der Waals surface area contributed by atoms with Gasteiger partial charge in [-0.05, 0) is 36.8 Å². The lowest BCUT2D eigenvalue weighted by Crippen LogP contribution is -2.15. The van der Waals surface area contributed by atoms with Gasteiger partial charge in [-0.15, -0.1) is 0 Å². The van der Waals surface area contributed by atoms with Crippen LogP contribution in [0.5, 0.6) is 0 Å². The molecule has 0 fully saturated rings. The summed E-state index contributed by atoms with van der Waals surface area (Å²) in [6, 6.07) is 10.6. The molecule has 146 valence electrons. The number of sulfonamides is 1. The van der Waals surface area contributed by atoms with E-state index in [1.807, 2.05) is 0 Å². The van der Waals surface area contributed by atoms with Crippen LogP contribution in [-0.2, 0) is 21.4 Å². The molecule has 0 amide bonds. The van der Waals surface area contributed by atoms with E-state index in [-0.39, 0.29) is 17.9 Å². The summed E-state index contributed by atoms with van der Waals surface area (Å²) in [5.74, 6) is -0.744. The molecule has 0 aliphatic rings. The lowest BCUT2D eigenvalue weighted by atomic mass is 10.1. The number of ether oxygens (including phenoxy) is 1. The number of hydrogen-bond donors (Lipinski definition) is 1. The Morgan fingerprint density at radius 3 is 2.64 bits per heavy atom. The van der Waals surface area contributed by atoms with Crippen LogP contribution in [0.2, 0.25) is 5.02 Å². The number of hydrogen-bond acceptors (Lipinski definition) is 6. The number of halogens is 1. The summed E-state index contributed by atoms with van der Waals surface area (Å²) in [6.45, 7) is 1.56. The Bertz CT molecular complexity index is 1230. The van der Waals surface area contributed by atoms with Crippen molar-refractivity contribution in [1.29, 1.82) is 0 Å². The minimum Gasteiger partial charge on any atom is -0.457 e. The second kappa shape index (κ2) is 7.65. The number of carbonyl (C=O) groups excluding carboxylic acids is 1. The van der Waals surface area contributed by atoms with Crippen molar-refractivity contribution in [2.24, 2.45) is 0 Å². The van der Waals surface area contributed by atoms with E-state index in [4.69, 9.17) is 20.8 Å². The van der Waals surface area contributed by atoms with Crippen LogP contribution >= 0.6 is 11.6 Å². The van der Waals surface area contributed by atoms with Crippen LogP contribution in [0.3, 0.4) is 0 Å². The van der Waals surface area contributed by atoms with Gasteiger partial charge in [0, 0.05) is 22.0 Å². The first-order chi connectivity index (χ1) is 13.1. The number of anilines is 1. The second-order valence-electron chi connectivity index (χ2n) is 6.18. The van der Waals surface area contributed by atoms with Crippen molar-refractivity contribution in [3.8, 4) is 0 Å². The lowest BCUT2D eigenvalue weighted by molar-refractivity contribution is 0.0475. The van der Waals surface area contributed by atoms with Crippen molar-refractivity contribution in [3.05, 3.63) is 74.6 Å². The van der Waals surface area contributed by atoms with Gasteiger partial charge < -0.3 is 9.15 Å². The highest BCUT2D eigenvalue weighted by molar-refractivity contribution is 7.92. The zero-order valence-corrected chi connectivity index (χ0v) is 16.6. The van der Waals surface area contributed by atoms with Crippen molar-refractivity contribution >= 4 is 44.3 Å². The SMILES string of the molecule is Cc1cc2oc(=O)cc(COC(=O)c3ccccc3NS(C)(=O)=O)c2cc1Cl. The van der Waals surface area contributed by atoms with E-state index in [9.17, 15) is 18.0 Å². The highest BCUT2D eigenvalue weighted by atomic mass is 35.5. The standard InChI is InChI=1S/C19H16ClNO6S/c1-11-7-17-14(9-15(11)20)12(8-18(22)27-17)10-26-19(23)13-5-3-4-6-16(13)21-28(2,24)25/h3-9,21H,10H2,1-2H3. The first-order valence-electron chi connectivity index (χ1n) is 8.11. The van der Waals surface area contributed by atoms with Gasteiger partial charge in [0.25, 0.3) is 0 Å². The number of esters is 1. The van der Waals surface area contributed by atoms with Gasteiger partial charge in [0.05, 0.1) is 17.5 Å². The quantitative estimate of drug-likeness (QED) is 0.499. The molecule has 0 aliphatic carbocycles. The van der Waals surface area contributed by atoms with E-state index in [0.29, 0.717) is 21.6 Å². The molecule has 1 aromatic heterocycles. The summed E-state index contributed by atoms with van der Waals surface area (Å²) < 4.78 is 35.7. The predicted octanol–water partition coefficient (Wildman–Crippen LogP) is 3.48. The van der Waals surface area contributed by atoms with E-state index in [1.165, 1.54) is 18.2 Å². The highest BCUT2D eigenvalue weighted by Gasteiger charge is 2.16. The monoisotopic (exact) mass is 421 g/mol. The Hall–Kier alpha value is -2.84. The number of nitrogens with one attached hydrogen (secondary N) is 1. The number of para-hydroxylation sites is 1. The Kier molecular flexibility index (Phi) is 5.44. The molecule has 0 saturated carbocycles. The maximum Gasteiger partial charge on any atom is 0.340 e. The number of carbonyl (C=O) groups is 1. The molecule has 9 heteroatoms. The molecule has 0 radical (unpaired) electrons. The smallest absolute Gasteiger partial charge is 0.340 e. The van der Waals surface area contributed by atoms with Gasteiger partial charge >= 0.3 is 11.6 Å². The number of fused-ring (bicyclic) bond motifs is 1. The first kappa shape index (κ1) is 19.9. The Morgan fingerprint density at radius 1 is 1.21 bits per heavy atom. The average Bonchev–Trinajstić information content (AvgIpc) is 2.60. The van der Waals surface area contributed by atoms with Crippen LogP contribution in [0.4, 0.5) is 5.69 Å². The summed E-state index contributed by atoms with van der Waals surface area (Å²) in [4.78, 5) is 24.3. The third-order valence-electron chi connectivity index (χ3n) is 3.91. The third kappa shape index (κ3) is 4.52. The molecule has 1 N–H and O–H groups in total. The molecule has 0 unspecified atom stereocenters. The van der Waals surface area contributed by atoms with Gasteiger partial charge in [-0.1, -0.05) is 23.7 Å². The molecule has 0 spiro atoms. The first-order valence-corrected chi connectivity index (χ1v) is 10.4. The molecular weight excluding hydrogens is 406 g/mol. The Labute approximate surface area is 165 Å². The van der Waals surface area contributed by atoms with Crippen LogP contribution in [-0.4, -0.2) is 20.6 Å². The molecule has 7 nitrogen and oxygen atoms in total. The van der Waals surface area contributed by atoms with Gasteiger partial charge in [-0.2, -0.15) is 0 Å². The summed E-state index contributed by atoms with van der Waals surface area (Å²) in [7, 11) is -3.57. The van der Waals surface area contributed by atoms with Gasteiger partial charge in [-0.25, -0.2) is 18.0 Å². The van der Waals surface area contributed by atoms with Crippen molar-refractivity contribution in [1.82, 2.24) is 0 Å². The number of aryl methyl sites for hydroxylation is 1. The van der Waals surface area contributed by atoms with Gasteiger partial charge in [-0.3, -0.25) is 4.72 Å². The summed E-state index contributed by atoms with van der Waals surface area (Å²) in [5.41, 5.74) is 1.07. The van der Waals surface area contributed by atoms with Crippen LogP contribution < -0.4 is 10.3 Å². The minimum absolute atomic E-state index is 0.0501. The number of rotatable bonds is 5. The van der Waals surface area contributed by atoms with E-state index in [0.717, 1.165) is 11.8 Å². The predicted molar refractivity (Wildman–Crippen MR) is 106 cm³/mol. The van der Waals surface area contributed by atoms with Crippen LogP contribution in [0, 0.1) is 6.92 Å². The van der Waals surface area contributed by atoms with Gasteiger partial charge in [0.1, 0.15) is 12.2 Å². The fourth-order valence-electron chi connectivity index (χ4n) is 2.64. The minimum atomic E-state index is -3.57. The summed E-state index contributed by atoms with van der Waals surface area (Å²) in [6.07, 6.45) is 0.982. The summed E-state index contributed by atoms with van der Waals surface area (Å²) >= 11 is 6.15. The zero-order chi connectivity index (χ0) is 20.5. The van der Waals surface area contributed by atoms with Crippen LogP contribution in [0.25, 0.3) is 11.0 Å². The van der Waals surface area contributed by atoms with E-state index < -0.39 is 21.6 Å². The average molecular weight is 422 g/mol. The molecule has 0 atom stereocenters. The van der Waals surface area contributed by atoms with Crippen molar-refractivity contribution in [3.63, 3.8) is 0 Å². The zero-order valence-electron chi connectivity index (χ0n) is 15.0. The third-order valence-corrected chi connectivity index (χ3v) is 4.91. The maximum atomic E-state index is 12.5. The molecule has 0 bridgehead atoms. The normalized spacial score (nSPS) is 11.4. The fraction of sp³-hybridized carbons (Fsp3) is 0.158. The second-order valence-corrected chi connectivity index (χ2v) is 8.34. The van der Waals surface area contributed by atoms with Crippen LogP contribution in [0.15, 0.2) is 51.7 Å². The topological polar surface area (TPSA) is 103 Å². The molecule has 0 saturated heterocycles. The van der Waals surface area contributed by atoms with E-state index >= 15 is 0 Å². The van der Waals surface area contributed by atoms with Crippen molar-refractivity contribution in [2.75, 3.05) is 11.0 Å². The molecule has 1 heterocycles. The maximum absolute atomic E-state index is 12.5. The van der Waals surface area contributed by atoms with Gasteiger partial charge in [0.2, 0.25) is 10.0 Å². The Balaban J connectivity index is 1.90.